The van der Waals surface area contributed by atoms with Crippen molar-refractivity contribution < 1.29 is 18.1 Å². The third-order valence-corrected chi connectivity index (χ3v) is 5.64. The van der Waals surface area contributed by atoms with E-state index in [4.69, 9.17) is 0 Å². The fraction of sp³-hybridized carbons (Fsp3) is 0.588. The summed E-state index contributed by atoms with van der Waals surface area (Å²) in [5.74, 6) is 0.0438. The maximum Gasteiger partial charge on any atom is 0.311 e. The van der Waals surface area contributed by atoms with Crippen molar-refractivity contribution in [3.8, 4) is 0 Å². The predicted molar refractivity (Wildman–Crippen MR) is 99.0 cm³/mol. The highest BCUT2D eigenvalue weighted by atomic mass is 32.2. The van der Waals surface area contributed by atoms with Gasteiger partial charge in [-0.15, -0.1) is 0 Å². The zero-order valence-corrected chi connectivity index (χ0v) is 16.1. The molecular formula is C17H25N3O5S. The maximum atomic E-state index is 11.9. The highest BCUT2D eigenvalue weighted by molar-refractivity contribution is 7.90. The molecule has 8 nitrogen and oxygen atoms in total. The minimum atomic E-state index is -3.71. The van der Waals surface area contributed by atoms with Crippen LogP contribution in [-0.2, 0) is 14.6 Å². The molecule has 0 radical (unpaired) electrons. The van der Waals surface area contributed by atoms with E-state index in [-0.39, 0.29) is 28.3 Å². The molecule has 144 valence electrons. The first-order chi connectivity index (χ1) is 12.1. The average Bonchev–Trinajstić information content (AvgIpc) is 2.58. The number of rotatable bonds is 6. The van der Waals surface area contributed by atoms with Gasteiger partial charge in [-0.3, -0.25) is 14.9 Å². The van der Waals surface area contributed by atoms with Gasteiger partial charge in [-0.25, -0.2) is 8.42 Å². The third kappa shape index (κ3) is 4.72. The molecule has 1 aromatic carbocycles. The van der Waals surface area contributed by atoms with Gasteiger partial charge in [0.25, 0.3) is 0 Å². The molecule has 0 aromatic heterocycles. The Kier molecular flexibility index (Phi) is 6.22. The maximum absolute atomic E-state index is 11.9. The van der Waals surface area contributed by atoms with Gasteiger partial charge in [0.1, 0.15) is 10.6 Å². The van der Waals surface area contributed by atoms with Crippen LogP contribution in [0.2, 0.25) is 0 Å². The number of carbonyl (C=O) groups excluding carboxylic acids is 1. The molecule has 1 N–H and O–H groups in total. The van der Waals surface area contributed by atoms with Crippen LogP contribution in [-0.4, -0.2) is 45.1 Å². The number of hydrogen-bond donors (Lipinski definition) is 1. The summed E-state index contributed by atoms with van der Waals surface area (Å²) in [5, 5.41) is 14.5. The molecule has 9 heteroatoms. The van der Waals surface area contributed by atoms with Gasteiger partial charge >= 0.3 is 5.69 Å². The summed E-state index contributed by atoms with van der Waals surface area (Å²) in [4.78, 5) is 24.3. The first-order valence-electron chi connectivity index (χ1n) is 8.61. The Hall–Kier alpha value is -2.16. The van der Waals surface area contributed by atoms with E-state index in [0.717, 1.165) is 19.1 Å². The number of carbonyl (C=O) groups is 1. The summed E-state index contributed by atoms with van der Waals surface area (Å²) in [6.45, 7) is 5.30. The van der Waals surface area contributed by atoms with Gasteiger partial charge in [0, 0.05) is 31.8 Å². The molecule has 1 aliphatic rings. The highest BCUT2D eigenvalue weighted by Crippen LogP contribution is 2.36. The van der Waals surface area contributed by atoms with Gasteiger partial charge in [0.15, 0.2) is 9.84 Å². The Morgan fingerprint density at radius 2 is 2.12 bits per heavy atom. The molecular weight excluding hydrogens is 358 g/mol. The topological polar surface area (TPSA) is 110 Å². The van der Waals surface area contributed by atoms with Crippen LogP contribution in [0.3, 0.4) is 0 Å². The fourth-order valence-corrected chi connectivity index (χ4v) is 4.00. The molecule has 0 spiro atoms. The molecule has 1 heterocycles. The van der Waals surface area contributed by atoms with E-state index in [1.165, 1.54) is 12.1 Å². The second-order valence-electron chi connectivity index (χ2n) is 7.01. The number of piperidine rings is 1. The Labute approximate surface area is 153 Å². The lowest BCUT2D eigenvalue weighted by Crippen LogP contribution is -2.42. The van der Waals surface area contributed by atoms with Crippen molar-refractivity contribution in [2.75, 3.05) is 30.8 Å². The van der Waals surface area contributed by atoms with Gasteiger partial charge in [-0.05, 0) is 30.9 Å². The lowest BCUT2D eigenvalue weighted by molar-refractivity contribution is -0.387. The van der Waals surface area contributed by atoms with E-state index in [2.05, 4.69) is 5.32 Å². The van der Waals surface area contributed by atoms with E-state index in [1.54, 1.807) is 6.07 Å². The molecule has 1 unspecified atom stereocenters. The molecule has 0 saturated carbocycles. The molecule has 1 aromatic rings. The molecule has 1 saturated heterocycles. The molecule has 1 aliphatic heterocycles. The second kappa shape index (κ2) is 8.03. The Balaban J connectivity index is 2.25. The SMILES string of the molecule is CC(C)C(=O)NCC1CCCN(c2cccc(S(C)(=O)=O)c2[N+](=O)[O-])C1. The summed E-state index contributed by atoms with van der Waals surface area (Å²) in [7, 11) is -3.71. The summed E-state index contributed by atoms with van der Waals surface area (Å²) in [6.07, 6.45) is 2.70. The first-order valence-corrected chi connectivity index (χ1v) is 10.5. The molecule has 0 aliphatic carbocycles. The van der Waals surface area contributed by atoms with Crippen molar-refractivity contribution in [1.82, 2.24) is 5.32 Å². The van der Waals surface area contributed by atoms with Crippen molar-refractivity contribution in [1.29, 1.82) is 0 Å². The zero-order chi connectivity index (χ0) is 19.5. The molecule has 0 bridgehead atoms. The Morgan fingerprint density at radius 1 is 1.42 bits per heavy atom. The van der Waals surface area contributed by atoms with E-state index in [1.807, 2.05) is 18.7 Å². The summed E-state index contributed by atoms with van der Waals surface area (Å²) in [6, 6.07) is 4.38. The summed E-state index contributed by atoms with van der Waals surface area (Å²) < 4.78 is 23.9. The molecule has 1 fully saturated rings. The number of sulfone groups is 1. The number of para-hydroxylation sites is 1. The normalized spacial score (nSPS) is 18.0. The number of amides is 1. The smallest absolute Gasteiger partial charge is 0.311 e. The molecule has 2 rings (SSSR count). The van der Waals surface area contributed by atoms with Crippen LogP contribution in [0.25, 0.3) is 0 Å². The number of benzene rings is 1. The largest absolute Gasteiger partial charge is 0.366 e. The number of hydrogen-bond acceptors (Lipinski definition) is 6. The quantitative estimate of drug-likeness (QED) is 0.594. The highest BCUT2D eigenvalue weighted by Gasteiger charge is 2.31. The van der Waals surface area contributed by atoms with Gasteiger partial charge < -0.3 is 10.2 Å². The van der Waals surface area contributed by atoms with Crippen LogP contribution >= 0.6 is 0 Å². The van der Waals surface area contributed by atoms with Crippen molar-refractivity contribution in [2.45, 2.75) is 31.6 Å². The minimum Gasteiger partial charge on any atom is -0.366 e. The van der Waals surface area contributed by atoms with Crippen LogP contribution in [0.4, 0.5) is 11.4 Å². The molecule has 26 heavy (non-hydrogen) atoms. The third-order valence-electron chi connectivity index (χ3n) is 4.51. The van der Waals surface area contributed by atoms with Crippen LogP contribution in [0, 0.1) is 22.0 Å². The minimum absolute atomic E-state index is 0.0211. The van der Waals surface area contributed by atoms with Gasteiger partial charge in [0.05, 0.1) is 4.92 Å². The van der Waals surface area contributed by atoms with Crippen molar-refractivity contribution in [3.63, 3.8) is 0 Å². The van der Waals surface area contributed by atoms with Crippen molar-refractivity contribution in [2.24, 2.45) is 11.8 Å². The number of anilines is 1. The van der Waals surface area contributed by atoms with E-state index in [0.29, 0.717) is 25.3 Å². The van der Waals surface area contributed by atoms with E-state index < -0.39 is 14.8 Å². The predicted octanol–water partition coefficient (Wildman–Crippen LogP) is 1.99. The molecule has 1 amide bonds. The van der Waals surface area contributed by atoms with Crippen LogP contribution in [0.1, 0.15) is 26.7 Å². The molecule has 1 atom stereocenters. The van der Waals surface area contributed by atoms with Crippen LogP contribution in [0.15, 0.2) is 23.1 Å². The van der Waals surface area contributed by atoms with Crippen molar-refractivity contribution in [3.05, 3.63) is 28.3 Å². The van der Waals surface area contributed by atoms with Crippen molar-refractivity contribution >= 4 is 27.1 Å². The van der Waals surface area contributed by atoms with Crippen LogP contribution in [0.5, 0.6) is 0 Å². The Morgan fingerprint density at radius 3 is 2.69 bits per heavy atom. The lowest BCUT2D eigenvalue weighted by atomic mass is 9.97. The lowest BCUT2D eigenvalue weighted by Gasteiger charge is -2.34. The summed E-state index contributed by atoms with van der Waals surface area (Å²) in [5.41, 5.74) is -0.0559. The number of nitro groups is 1. The zero-order valence-electron chi connectivity index (χ0n) is 15.3. The fourth-order valence-electron chi connectivity index (χ4n) is 3.15. The van der Waals surface area contributed by atoms with E-state index >= 15 is 0 Å². The van der Waals surface area contributed by atoms with Gasteiger partial charge in [-0.1, -0.05) is 19.9 Å². The number of nitrogens with zero attached hydrogens (tertiary/aromatic N) is 2. The Bertz CT molecular complexity index is 792. The van der Waals surface area contributed by atoms with E-state index in [9.17, 15) is 23.3 Å². The first kappa shape index (κ1) is 20.2. The monoisotopic (exact) mass is 383 g/mol. The van der Waals surface area contributed by atoms with Crippen LogP contribution < -0.4 is 10.2 Å². The number of nitrogens with one attached hydrogen (secondary N) is 1. The number of nitro benzene ring substituents is 1. The second-order valence-corrected chi connectivity index (χ2v) is 8.99. The standard InChI is InChI=1S/C17H25N3O5S/c1-12(2)17(21)18-10-13-6-5-9-19(11-13)14-7-4-8-15(26(3,24)25)16(14)20(22)23/h4,7-8,12-13H,5-6,9-11H2,1-3H3,(H,18,21). The van der Waals surface area contributed by atoms with Gasteiger partial charge in [-0.2, -0.15) is 0 Å². The van der Waals surface area contributed by atoms with Gasteiger partial charge in [0.2, 0.25) is 5.91 Å². The summed E-state index contributed by atoms with van der Waals surface area (Å²) >= 11 is 0. The average molecular weight is 383 g/mol.